The van der Waals surface area contributed by atoms with Gasteiger partial charge in [0.2, 0.25) is 0 Å². The largest absolute Gasteiger partial charge is 0.466 e. The van der Waals surface area contributed by atoms with Gasteiger partial charge >= 0.3 is 0 Å². The number of carbonyl (C=O) groups is 1. The number of furan rings is 1. The van der Waals surface area contributed by atoms with Crippen LogP contribution in [0.2, 0.25) is 0 Å². The van der Waals surface area contributed by atoms with Crippen LogP contribution in [0, 0.1) is 13.8 Å². The van der Waals surface area contributed by atoms with Gasteiger partial charge in [0.15, 0.2) is 5.69 Å². The number of rotatable bonds is 4. The molecule has 0 aliphatic heterocycles. The van der Waals surface area contributed by atoms with Crippen molar-refractivity contribution in [2.24, 2.45) is 0 Å². The number of nitrogens with zero attached hydrogens (tertiary/aromatic N) is 1. The van der Waals surface area contributed by atoms with E-state index in [1.54, 1.807) is 19.9 Å². The lowest BCUT2D eigenvalue weighted by Gasteiger charge is -2.23. The van der Waals surface area contributed by atoms with Crippen LogP contribution in [0.1, 0.15) is 52.2 Å². The fraction of sp³-hybridized carbons (Fsp3) is 0.500. The van der Waals surface area contributed by atoms with Crippen LogP contribution in [0.5, 0.6) is 0 Å². The van der Waals surface area contributed by atoms with Gasteiger partial charge in [0.25, 0.3) is 5.91 Å². The molecule has 0 aromatic carbocycles. The first-order valence-electron chi connectivity index (χ1n) is 7.52. The van der Waals surface area contributed by atoms with E-state index in [0.717, 1.165) is 36.3 Å². The maximum absolute atomic E-state index is 12.3. The molecule has 2 heterocycles. The van der Waals surface area contributed by atoms with Crippen molar-refractivity contribution >= 4 is 5.91 Å². The second kappa shape index (κ2) is 5.28. The first kappa shape index (κ1) is 14.8. The number of aromatic amines is 1. The van der Waals surface area contributed by atoms with Crippen LogP contribution in [0.3, 0.4) is 0 Å². The van der Waals surface area contributed by atoms with Crippen molar-refractivity contribution in [1.29, 1.82) is 0 Å². The number of nitrogens with one attached hydrogen (secondary N) is 2. The average Bonchev–Trinajstić information content (AvgIpc) is 3.11. The lowest BCUT2D eigenvalue weighted by atomic mass is 9.96. The normalized spacial score (nSPS) is 16.4. The van der Waals surface area contributed by atoms with Gasteiger partial charge in [-0.2, -0.15) is 5.10 Å². The van der Waals surface area contributed by atoms with Crippen LogP contribution >= 0.6 is 0 Å². The zero-order valence-electron chi connectivity index (χ0n) is 13.1. The molecule has 118 valence electrons. The Kier molecular flexibility index (Phi) is 3.56. The molecular weight excluding hydrogens is 282 g/mol. The summed E-state index contributed by atoms with van der Waals surface area (Å²) in [5.41, 5.74) is 2.02. The van der Waals surface area contributed by atoms with Crippen LogP contribution in [0.15, 0.2) is 10.5 Å². The summed E-state index contributed by atoms with van der Waals surface area (Å²) in [5.74, 6) is 1.15. The zero-order valence-corrected chi connectivity index (χ0v) is 13.1. The van der Waals surface area contributed by atoms with Gasteiger partial charge in [-0.15, -0.1) is 0 Å². The highest BCUT2D eigenvalue weighted by atomic mass is 16.3. The minimum atomic E-state index is -1.18. The molecule has 1 amide bonds. The quantitative estimate of drug-likeness (QED) is 0.802. The number of aliphatic hydroxyl groups is 1. The Morgan fingerprint density at radius 2 is 2.27 bits per heavy atom. The predicted molar refractivity (Wildman–Crippen MR) is 80.7 cm³/mol. The van der Waals surface area contributed by atoms with Crippen molar-refractivity contribution in [2.75, 3.05) is 6.54 Å². The van der Waals surface area contributed by atoms with E-state index in [2.05, 4.69) is 15.5 Å². The van der Waals surface area contributed by atoms with Gasteiger partial charge in [-0.25, -0.2) is 0 Å². The van der Waals surface area contributed by atoms with Gasteiger partial charge in [0.1, 0.15) is 17.1 Å². The Morgan fingerprint density at radius 1 is 1.50 bits per heavy atom. The van der Waals surface area contributed by atoms with Crippen LogP contribution in [-0.4, -0.2) is 27.8 Å². The third-order valence-electron chi connectivity index (χ3n) is 4.24. The third kappa shape index (κ3) is 2.54. The molecule has 0 radical (unpaired) electrons. The fourth-order valence-corrected chi connectivity index (χ4v) is 3.10. The SMILES string of the molecule is Cc1cc(C(C)(O)CNC(=O)c2n[nH]c3c2CCC3)c(C)o1. The molecule has 0 saturated carbocycles. The summed E-state index contributed by atoms with van der Waals surface area (Å²) in [5, 5.41) is 20.4. The van der Waals surface area contributed by atoms with Crippen LogP contribution in [-0.2, 0) is 18.4 Å². The van der Waals surface area contributed by atoms with Crippen molar-refractivity contribution in [3.63, 3.8) is 0 Å². The number of carbonyl (C=O) groups excluding carboxylic acids is 1. The maximum atomic E-state index is 12.3. The summed E-state index contributed by atoms with van der Waals surface area (Å²) < 4.78 is 5.45. The Balaban J connectivity index is 1.71. The molecule has 1 aliphatic rings. The topological polar surface area (TPSA) is 91.1 Å². The molecule has 3 N–H and O–H groups in total. The first-order valence-corrected chi connectivity index (χ1v) is 7.52. The highest BCUT2D eigenvalue weighted by molar-refractivity contribution is 5.94. The lowest BCUT2D eigenvalue weighted by molar-refractivity contribution is 0.0512. The smallest absolute Gasteiger partial charge is 0.272 e. The summed E-state index contributed by atoms with van der Waals surface area (Å²) in [6.45, 7) is 5.41. The van der Waals surface area contributed by atoms with Crippen molar-refractivity contribution in [3.05, 3.63) is 40.1 Å². The lowest BCUT2D eigenvalue weighted by Crippen LogP contribution is -2.39. The molecule has 6 heteroatoms. The van der Waals surface area contributed by atoms with Crippen molar-refractivity contribution in [1.82, 2.24) is 15.5 Å². The average molecular weight is 303 g/mol. The molecule has 0 spiro atoms. The molecular formula is C16H21N3O3. The molecule has 22 heavy (non-hydrogen) atoms. The number of hydrogen-bond donors (Lipinski definition) is 3. The van der Waals surface area contributed by atoms with Crippen molar-refractivity contribution in [3.8, 4) is 0 Å². The predicted octanol–water partition coefficient (Wildman–Crippen LogP) is 1.75. The molecule has 0 bridgehead atoms. The van der Waals surface area contributed by atoms with E-state index in [1.807, 2.05) is 6.92 Å². The van der Waals surface area contributed by atoms with Gasteiger partial charge < -0.3 is 14.8 Å². The van der Waals surface area contributed by atoms with Crippen LogP contribution < -0.4 is 5.32 Å². The number of H-pyrrole nitrogens is 1. The third-order valence-corrected chi connectivity index (χ3v) is 4.24. The maximum Gasteiger partial charge on any atom is 0.272 e. The molecule has 6 nitrogen and oxygen atoms in total. The summed E-state index contributed by atoms with van der Waals surface area (Å²) >= 11 is 0. The van der Waals surface area contributed by atoms with Gasteiger partial charge in [-0.05, 0) is 46.1 Å². The molecule has 0 saturated heterocycles. The zero-order chi connectivity index (χ0) is 15.9. The Labute approximate surface area is 128 Å². The highest BCUT2D eigenvalue weighted by Crippen LogP contribution is 2.27. The summed E-state index contributed by atoms with van der Waals surface area (Å²) in [6.07, 6.45) is 2.88. The fourth-order valence-electron chi connectivity index (χ4n) is 3.10. The molecule has 0 fully saturated rings. The molecule has 1 atom stereocenters. The highest BCUT2D eigenvalue weighted by Gasteiger charge is 2.30. The van der Waals surface area contributed by atoms with Gasteiger partial charge in [-0.3, -0.25) is 9.89 Å². The molecule has 3 rings (SSSR count). The first-order chi connectivity index (χ1) is 10.4. The summed E-state index contributed by atoms with van der Waals surface area (Å²) in [4.78, 5) is 12.3. The monoisotopic (exact) mass is 303 g/mol. The summed E-state index contributed by atoms with van der Waals surface area (Å²) in [6, 6.07) is 1.80. The van der Waals surface area contributed by atoms with E-state index in [4.69, 9.17) is 4.42 Å². The number of fused-ring (bicyclic) bond motifs is 1. The van der Waals surface area contributed by atoms with E-state index < -0.39 is 5.60 Å². The minimum absolute atomic E-state index is 0.104. The van der Waals surface area contributed by atoms with Crippen LogP contribution in [0.4, 0.5) is 0 Å². The van der Waals surface area contributed by atoms with Gasteiger partial charge in [-0.1, -0.05) is 0 Å². The molecule has 2 aromatic rings. The number of aryl methyl sites for hydroxylation is 3. The van der Waals surface area contributed by atoms with Crippen molar-refractivity contribution < 1.29 is 14.3 Å². The number of hydrogen-bond acceptors (Lipinski definition) is 4. The van der Waals surface area contributed by atoms with E-state index in [9.17, 15) is 9.90 Å². The van der Waals surface area contributed by atoms with E-state index in [-0.39, 0.29) is 12.5 Å². The number of aromatic nitrogens is 2. The Morgan fingerprint density at radius 3 is 2.95 bits per heavy atom. The standard InChI is InChI=1S/C16H21N3O3/c1-9-7-12(10(2)22-9)16(3,21)8-17-15(20)14-11-5-4-6-13(11)18-19-14/h7,21H,4-6,8H2,1-3H3,(H,17,20)(H,18,19). The van der Waals surface area contributed by atoms with E-state index in [0.29, 0.717) is 17.0 Å². The van der Waals surface area contributed by atoms with Gasteiger partial charge in [0.05, 0.1) is 6.54 Å². The molecule has 1 aliphatic carbocycles. The minimum Gasteiger partial charge on any atom is -0.466 e. The van der Waals surface area contributed by atoms with E-state index >= 15 is 0 Å². The Hall–Kier alpha value is -2.08. The molecule has 2 aromatic heterocycles. The summed E-state index contributed by atoms with van der Waals surface area (Å²) in [7, 11) is 0. The van der Waals surface area contributed by atoms with E-state index in [1.165, 1.54) is 0 Å². The number of amides is 1. The molecule has 1 unspecified atom stereocenters. The van der Waals surface area contributed by atoms with Gasteiger partial charge in [0, 0.05) is 16.8 Å². The second-order valence-electron chi connectivity index (χ2n) is 6.17. The second-order valence-corrected chi connectivity index (χ2v) is 6.17. The van der Waals surface area contributed by atoms with Crippen molar-refractivity contribution in [2.45, 2.75) is 45.6 Å². The Bertz CT molecular complexity index is 712. The van der Waals surface area contributed by atoms with Crippen LogP contribution in [0.25, 0.3) is 0 Å².